The van der Waals surface area contributed by atoms with Crippen LogP contribution in [-0.2, 0) is 4.74 Å². The van der Waals surface area contributed by atoms with Gasteiger partial charge in [0, 0.05) is 6.54 Å². The van der Waals surface area contributed by atoms with E-state index in [1.54, 1.807) is 0 Å². The van der Waals surface area contributed by atoms with Crippen molar-refractivity contribution < 1.29 is 4.74 Å². The zero-order chi connectivity index (χ0) is 16.3. The van der Waals surface area contributed by atoms with Crippen LogP contribution in [0.1, 0.15) is 79.1 Å². The lowest BCUT2D eigenvalue weighted by atomic mass is 10.3. The second-order valence-corrected chi connectivity index (χ2v) is 11.9. The van der Waals surface area contributed by atoms with E-state index in [2.05, 4.69) is 32.3 Å². The molecule has 1 fully saturated rings. The number of rotatable bonds is 15. The fourth-order valence-corrected chi connectivity index (χ4v) is 9.61. The largest absolute Gasteiger partial charge is 0.372 e. The number of hydrogen-bond acceptors (Lipinski definition) is 2. The van der Waals surface area contributed by atoms with Crippen LogP contribution in [0.15, 0.2) is 0 Å². The lowest BCUT2D eigenvalue weighted by Crippen LogP contribution is -2.55. The summed E-state index contributed by atoms with van der Waals surface area (Å²) in [6.45, 7) is 13.0. The molecule has 0 bridgehead atoms. The predicted octanol–water partition coefficient (Wildman–Crippen LogP) is 5.83. The van der Waals surface area contributed by atoms with Crippen LogP contribution in [0.25, 0.3) is 0 Å². The Labute approximate surface area is 141 Å². The van der Waals surface area contributed by atoms with Crippen molar-refractivity contribution in [3.63, 3.8) is 0 Å². The first kappa shape index (κ1) is 20.2. The van der Waals surface area contributed by atoms with Crippen LogP contribution in [-0.4, -0.2) is 38.6 Å². The number of unbranched alkanes of at least 4 members (excludes halogenated alkanes) is 4. The molecule has 1 aliphatic heterocycles. The lowest BCUT2D eigenvalue weighted by molar-refractivity contribution is 0.323. The topological polar surface area (TPSA) is 15.8 Å². The Balaban J connectivity index is 2.84. The standard InChI is InChI=1S/C19H41NOSi/c1-5-9-13-20(17-19-18-21-19)22(14-10-6-2,15-11-7-3)16-12-8-4/h19H,5-18H2,1-4H3. The van der Waals surface area contributed by atoms with Crippen LogP contribution in [0.4, 0.5) is 0 Å². The van der Waals surface area contributed by atoms with Gasteiger partial charge in [0.25, 0.3) is 0 Å². The summed E-state index contributed by atoms with van der Waals surface area (Å²) in [5, 5.41) is 0. The van der Waals surface area contributed by atoms with Gasteiger partial charge in [-0.15, -0.1) is 0 Å². The highest BCUT2D eigenvalue weighted by Crippen LogP contribution is 2.33. The van der Waals surface area contributed by atoms with E-state index in [0.29, 0.717) is 6.10 Å². The van der Waals surface area contributed by atoms with E-state index in [1.807, 2.05) is 0 Å². The SMILES string of the molecule is CCCCN(CC1CO1)[Si](CCCC)(CCCC)CCCC. The minimum absolute atomic E-state index is 0.564. The third-order valence-corrected chi connectivity index (χ3v) is 10.9. The van der Waals surface area contributed by atoms with Gasteiger partial charge < -0.3 is 9.30 Å². The fourth-order valence-electron chi connectivity index (χ4n) is 3.66. The van der Waals surface area contributed by atoms with Crippen LogP contribution < -0.4 is 0 Å². The van der Waals surface area contributed by atoms with Crippen molar-refractivity contribution in [2.75, 3.05) is 19.7 Å². The van der Waals surface area contributed by atoms with Gasteiger partial charge in [-0.2, -0.15) is 0 Å². The maximum Gasteiger partial charge on any atom is 0.128 e. The third kappa shape index (κ3) is 7.14. The van der Waals surface area contributed by atoms with Crippen molar-refractivity contribution in [3.05, 3.63) is 0 Å². The van der Waals surface area contributed by atoms with E-state index >= 15 is 0 Å². The van der Waals surface area contributed by atoms with E-state index < -0.39 is 8.24 Å². The zero-order valence-corrected chi connectivity index (χ0v) is 16.8. The van der Waals surface area contributed by atoms with Gasteiger partial charge >= 0.3 is 0 Å². The molecule has 0 aromatic rings. The van der Waals surface area contributed by atoms with Crippen molar-refractivity contribution in [2.45, 2.75) is 103 Å². The fraction of sp³-hybridized carbons (Fsp3) is 1.00. The maximum atomic E-state index is 5.61. The van der Waals surface area contributed by atoms with Gasteiger partial charge in [-0.25, -0.2) is 0 Å². The molecule has 22 heavy (non-hydrogen) atoms. The van der Waals surface area contributed by atoms with Gasteiger partial charge in [0.2, 0.25) is 0 Å². The monoisotopic (exact) mass is 327 g/mol. The molecule has 0 N–H and O–H groups in total. The van der Waals surface area contributed by atoms with Crippen molar-refractivity contribution >= 4 is 8.24 Å². The molecule has 0 amide bonds. The minimum Gasteiger partial charge on any atom is -0.372 e. The van der Waals surface area contributed by atoms with Crippen LogP contribution in [0.5, 0.6) is 0 Å². The van der Waals surface area contributed by atoms with Crippen LogP contribution >= 0.6 is 0 Å². The first-order valence-corrected chi connectivity index (χ1v) is 12.7. The summed E-state index contributed by atoms with van der Waals surface area (Å²) in [6, 6.07) is 4.58. The Morgan fingerprint density at radius 2 is 1.27 bits per heavy atom. The first-order valence-electron chi connectivity index (χ1n) is 10.1. The molecule has 1 atom stereocenters. The number of ether oxygens (including phenoxy) is 1. The summed E-state index contributed by atoms with van der Waals surface area (Å²) in [7, 11) is -1.29. The Morgan fingerprint density at radius 3 is 1.64 bits per heavy atom. The molecular formula is C19H41NOSi. The summed E-state index contributed by atoms with van der Waals surface area (Å²) in [4.78, 5) is 0. The summed E-state index contributed by atoms with van der Waals surface area (Å²) in [5.41, 5.74) is 0. The molecule has 1 heterocycles. The van der Waals surface area contributed by atoms with Gasteiger partial charge in [0.1, 0.15) is 8.24 Å². The number of epoxide rings is 1. The average Bonchev–Trinajstić information content (AvgIpc) is 3.35. The maximum absolute atomic E-state index is 5.61. The first-order chi connectivity index (χ1) is 10.7. The van der Waals surface area contributed by atoms with Crippen molar-refractivity contribution in [2.24, 2.45) is 0 Å². The summed E-state index contributed by atoms with van der Waals surface area (Å²) >= 11 is 0. The van der Waals surface area contributed by atoms with Gasteiger partial charge in [0.05, 0.1) is 12.7 Å². The summed E-state index contributed by atoms with van der Waals surface area (Å²) in [6.07, 6.45) is 11.6. The lowest BCUT2D eigenvalue weighted by Gasteiger charge is -2.43. The van der Waals surface area contributed by atoms with Crippen molar-refractivity contribution in [3.8, 4) is 0 Å². The molecule has 1 unspecified atom stereocenters. The molecule has 0 spiro atoms. The quantitative estimate of drug-likeness (QED) is 0.278. The molecule has 0 aromatic carbocycles. The molecular weight excluding hydrogens is 286 g/mol. The summed E-state index contributed by atoms with van der Waals surface area (Å²) < 4.78 is 8.60. The second kappa shape index (κ2) is 11.6. The Bertz CT molecular complexity index is 246. The van der Waals surface area contributed by atoms with E-state index in [1.165, 1.54) is 82.6 Å². The Kier molecular flexibility index (Phi) is 10.7. The molecule has 132 valence electrons. The molecule has 0 saturated carbocycles. The van der Waals surface area contributed by atoms with Gasteiger partial charge in [0.15, 0.2) is 0 Å². The van der Waals surface area contributed by atoms with Gasteiger partial charge in [-0.1, -0.05) is 72.6 Å². The highest BCUT2D eigenvalue weighted by molar-refractivity contribution is 6.77. The second-order valence-electron chi connectivity index (χ2n) is 7.29. The minimum atomic E-state index is -1.29. The molecule has 1 aliphatic rings. The molecule has 0 aromatic heterocycles. The number of nitrogens with zero attached hydrogens (tertiary/aromatic N) is 1. The van der Waals surface area contributed by atoms with Crippen LogP contribution in [0, 0.1) is 0 Å². The Hall–Kier alpha value is 0.137. The number of hydrogen-bond donors (Lipinski definition) is 0. The third-order valence-electron chi connectivity index (χ3n) is 5.27. The molecule has 0 aliphatic carbocycles. The zero-order valence-electron chi connectivity index (χ0n) is 15.8. The van der Waals surface area contributed by atoms with Crippen molar-refractivity contribution in [1.82, 2.24) is 4.57 Å². The van der Waals surface area contributed by atoms with Crippen molar-refractivity contribution in [1.29, 1.82) is 0 Å². The van der Waals surface area contributed by atoms with E-state index in [4.69, 9.17) is 4.74 Å². The summed E-state index contributed by atoms with van der Waals surface area (Å²) in [5.74, 6) is 0. The van der Waals surface area contributed by atoms with E-state index in [-0.39, 0.29) is 0 Å². The predicted molar refractivity (Wildman–Crippen MR) is 101 cm³/mol. The smallest absolute Gasteiger partial charge is 0.128 e. The molecule has 0 radical (unpaired) electrons. The van der Waals surface area contributed by atoms with Gasteiger partial charge in [-0.3, -0.25) is 0 Å². The van der Waals surface area contributed by atoms with E-state index in [0.717, 1.165) is 6.61 Å². The highest BCUT2D eigenvalue weighted by Gasteiger charge is 2.40. The Morgan fingerprint density at radius 1 is 0.818 bits per heavy atom. The molecule has 2 nitrogen and oxygen atoms in total. The molecule has 1 saturated heterocycles. The van der Waals surface area contributed by atoms with Crippen LogP contribution in [0.3, 0.4) is 0 Å². The highest BCUT2D eigenvalue weighted by atomic mass is 28.3. The average molecular weight is 328 g/mol. The normalized spacial score (nSPS) is 18.1. The van der Waals surface area contributed by atoms with Gasteiger partial charge in [-0.05, 0) is 31.1 Å². The van der Waals surface area contributed by atoms with Crippen LogP contribution in [0.2, 0.25) is 18.1 Å². The van der Waals surface area contributed by atoms with E-state index in [9.17, 15) is 0 Å². The molecule has 1 rings (SSSR count). The molecule has 3 heteroatoms.